The molecule has 1 amide bonds. The van der Waals surface area contributed by atoms with Gasteiger partial charge in [0, 0.05) is 26.7 Å². The Bertz CT molecular complexity index is 1240. The molecule has 29 heavy (non-hydrogen) atoms. The van der Waals surface area contributed by atoms with E-state index in [0.29, 0.717) is 21.4 Å². The van der Waals surface area contributed by atoms with E-state index in [1.807, 2.05) is 66.7 Å². The first-order valence-corrected chi connectivity index (χ1v) is 9.87. The Labute approximate surface area is 177 Å². The number of rotatable bonds is 2. The molecule has 5 rings (SSSR count). The average molecular weight is 420 g/mol. The molecule has 142 valence electrons. The van der Waals surface area contributed by atoms with Gasteiger partial charge in [-0.25, -0.2) is 4.98 Å². The largest absolute Gasteiger partial charge is 0.345 e. The number of hydrogen-bond donors (Lipinski definition) is 1. The number of pyridine rings is 1. The molecule has 3 aromatic carbocycles. The van der Waals surface area contributed by atoms with Gasteiger partial charge in [0.1, 0.15) is 12.0 Å². The lowest BCUT2D eigenvalue weighted by atomic mass is 10.0. The Kier molecular flexibility index (Phi) is 4.38. The van der Waals surface area contributed by atoms with Crippen molar-refractivity contribution in [2.45, 2.75) is 6.17 Å². The summed E-state index contributed by atoms with van der Waals surface area (Å²) >= 11 is 12.6. The maximum absolute atomic E-state index is 13.6. The van der Waals surface area contributed by atoms with Crippen LogP contribution in [-0.2, 0) is 0 Å². The quantitative estimate of drug-likeness (QED) is 0.413. The van der Waals surface area contributed by atoms with Crippen LogP contribution in [0.5, 0.6) is 0 Å². The molecule has 0 spiro atoms. The summed E-state index contributed by atoms with van der Waals surface area (Å²) in [6, 6.07) is 24.4. The zero-order valence-electron chi connectivity index (χ0n) is 15.1. The van der Waals surface area contributed by atoms with Crippen molar-refractivity contribution in [3.8, 4) is 0 Å². The molecule has 4 aromatic rings. The van der Waals surface area contributed by atoms with E-state index in [4.69, 9.17) is 23.2 Å². The van der Waals surface area contributed by atoms with Crippen molar-refractivity contribution in [1.82, 2.24) is 4.98 Å². The minimum absolute atomic E-state index is 0.140. The lowest BCUT2D eigenvalue weighted by Crippen LogP contribution is -2.43. The van der Waals surface area contributed by atoms with Gasteiger partial charge < -0.3 is 5.32 Å². The van der Waals surface area contributed by atoms with Crippen LogP contribution in [0.4, 0.5) is 11.5 Å². The summed E-state index contributed by atoms with van der Waals surface area (Å²) in [4.78, 5) is 20.0. The highest BCUT2D eigenvalue weighted by atomic mass is 35.5. The number of para-hydroxylation sites is 2. The molecule has 4 nitrogen and oxygen atoms in total. The van der Waals surface area contributed by atoms with E-state index in [-0.39, 0.29) is 5.91 Å². The SMILES string of the molecule is O=C1c2cc3ccccc3nc2NC(c2ccc(Cl)cc2Cl)N1c1ccccc1. The summed E-state index contributed by atoms with van der Waals surface area (Å²) < 4.78 is 0. The second-order valence-electron chi connectivity index (χ2n) is 6.80. The highest BCUT2D eigenvalue weighted by molar-refractivity contribution is 6.35. The van der Waals surface area contributed by atoms with Crippen molar-refractivity contribution in [2.24, 2.45) is 0 Å². The number of halogens is 2. The first kappa shape index (κ1) is 18.0. The van der Waals surface area contributed by atoms with Gasteiger partial charge in [-0.1, -0.05) is 65.7 Å². The molecule has 1 aliphatic heterocycles. The molecular formula is C23H15Cl2N3O. The van der Waals surface area contributed by atoms with E-state index < -0.39 is 6.17 Å². The number of aromatic nitrogens is 1. The monoisotopic (exact) mass is 419 g/mol. The molecule has 2 heterocycles. The first-order valence-electron chi connectivity index (χ1n) is 9.12. The summed E-state index contributed by atoms with van der Waals surface area (Å²) in [6.07, 6.45) is -0.518. The number of hydrogen-bond acceptors (Lipinski definition) is 3. The van der Waals surface area contributed by atoms with Crippen LogP contribution in [0.15, 0.2) is 78.9 Å². The van der Waals surface area contributed by atoms with Gasteiger partial charge in [0.05, 0.1) is 11.1 Å². The number of anilines is 2. The molecule has 1 aromatic heterocycles. The zero-order valence-corrected chi connectivity index (χ0v) is 16.7. The maximum atomic E-state index is 13.6. The van der Waals surface area contributed by atoms with E-state index in [2.05, 4.69) is 10.3 Å². The van der Waals surface area contributed by atoms with Crippen LogP contribution in [0.2, 0.25) is 10.0 Å². The van der Waals surface area contributed by atoms with Crippen LogP contribution in [0.1, 0.15) is 22.1 Å². The fraction of sp³-hybridized carbons (Fsp3) is 0.0435. The highest BCUT2D eigenvalue weighted by Gasteiger charge is 2.36. The molecule has 0 aliphatic carbocycles. The molecule has 1 aliphatic rings. The van der Waals surface area contributed by atoms with Gasteiger partial charge in [0.15, 0.2) is 0 Å². The van der Waals surface area contributed by atoms with Crippen molar-refractivity contribution >= 4 is 51.5 Å². The molecule has 1 unspecified atom stereocenters. The van der Waals surface area contributed by atoms with Crippen molar-refractivity contribution in [2.75, 3.05) is 10.2 Å². The Morgan fingerprint density at radius 1 is 0.897 bits per heavy atom. The van der Waals surface area contributed by atoms with Crippen LogP contribution in [-0.4, -0.2) is 10.9 Å². The van der Waals surface area contributed by atoms with E-state index >= 15 is 0 Å². The van der Waals surface area contributed by atoms with Crippen LogP contribution in [0, 0.1) is 0 Å². The lowest BCUT2D eigenvalue weighted by Gasteiger charge is -2.38. The number of nitrogens with one attached hydrogen (secondary N) is 1. The average Bonchev–Trinajstić information content (AvgIpc) is 2.73. The molecule has 1 atom stereocenters. The molecule has 1 N–H and O–H groups in total. The van der Waals surface area contributed by atoms with Gasteiger partial charge in [-0.05, 0) is 36.4 Å². The van der Waals surface area contributed by atoms with E-state index in [1.54, 1.807) is 17.0 Å². The van der Waals surface area contributed by atoms with Crippen LogP contribution in [0.3, 0.4) is 0 Å². The van der Waals surface area contributed by atoms with E-state index in [9.17, 15) is 4.79 Å². The normalized spacial score (nSPS) is 15.9. The minimum Gasteiger partial charge on any atom is -0.345 e. The molecular weight excluding hydrogens is 405 g/mol. The Morgan fingerprint density at radius 3 is 2.45 bits per heavy atom. The van der Waals surface area contributed by atoms with Crippen molar-refractivity contribution in [1.29, 1.82) is 0 Å². The van der Waals surface area contributed by atoms with Gasteiger partial charge in [-0.15, -0.1) is 0 Å². The summed E-state index contributed by atoms with van der Waals surface area (Å²) in [7, 11) is 0. The van der Waals surface area contributed by atoms with E-state index in [1.165, 1.54) is 0 Å². The lowest BCUT2D eigenvalue weighted by molar-refractivity contribution is 0.0974. The van der Waals surface area contributed by atoms with Crippen molar-refractivity contribution < 1.29 is 4.79 Å². The standard InChI is InChI=1S/C23H15Cl2N3O/c24-15-10-11-17(19(25)13-15)22-27-21-18(12-14-6-4-5-9-20(14)26-21)23(29)28(22)16-7-2-1-3-8-16/h1-13,22H,(H,26,27). The number of fused-ring (bicyclic) bond motifs is 2. The predicted octanol–water partition coefficient (Wildman–Crippen LogP) is 6.31. The van der Waals surface area contributed by atoms with Crippen molar-refractivity contribution in [3.05, 3.63) is 100 Å². The minimum atomic E-state index is -0.518. The Balaban J connectivity index is 1.72. The summed E-state index contributed by atoms with van der Waals surface area (Å²) in [6.45, 7) is 0. The van der Waals surface area contributed by atoms with E-state index in [0.717, 1.165) is 22.2 Å². The number of benzene rings is 3. The first-order chi connectivity index (χ1) is 14.1. The Morgan fingerprint density at radius 2 is 1.66 bits per heavy atom. The topological polar surface area (TPSA) is 45.2 Å². The van der Waals surface area contributed by atoms with Crippen LogP contribution in [0.25, 0.3) is 10.9 Å². The molecule has 6 heteroatoms. The molecule has 0 fully saturated rings. The van der Waals surface area contributed by atoms with Gasteiger partial charge >= 0.3 is 0 Å². The van der Waals surface area contributed by atoms with Crippen molar-refractivity contribution in [3.63, 3.8) is 0 Å². The van der Waals surface area contributed by atoms with Gasteiger partial charge in [-0.2, -0.15) is 0 Å². The highest BCUT2D eigenvalue weighted by Crippen LogP contribution is 2.39. The second-order valence-corrected chi connectivity index (χ2v) is 7.64. The third-order valence-corrected chi connectivity index (χ3v) is 5.56. The molecule has 0 saturated carbocycles. The fourth-order valence-electron chi connectivity index (χ4n) is 3.63. The maximum Gasteiger partial charge on any atom is 0.264 e. The smallest absolute Gasteiger partial charge is 0.264 e. The summed E-state index contributed by atoms with van der Waals surface area (Å²) in [5.41, 5.74) is 2.85. The number of amides is 1. The number of nitrogens with zero attached hydrogens (tertiary/aromatic N) is 2. The van der Waals surface area contributed by atoms with Crippen LogP contribution >= 0.6 is 23.2 Å². The summed E-state index contributed by atoms with van der Waals surface area (Å²) in [5, 5.41) is 5.34. The predicted molar refractivity (Wildman–Crippen MR) is 118 cm³/mol. The second kappa shape index (κ2) is 7.07. The van der Waals surface area contributed by atoms with Gasteiger partial charge in [0.2, 0.25) is 0 Å². The third kappa shape index (κ3) is 3.11. The van der Waals surface area contributed by atoms with Gasteiger partial charge in [-0.3, -0.25) is 9.69 Å². The summed E-state index contributed by atoms with van der Waals surface area (Å²) in [5.74, 6) is 0.399. The molecule has 0 saturated heterocycles. The number of carbonyl (C=O) groups is 1. The Hall–Kier alpha value is -3.08. The molecule has 0 radical (unpaired) electrons. The fourth-order valence-corrected chi connectivity index (χ4v) is 4.14. The van der Waals surface area contributed by atoms with Crippen LogP contribution < -0.4 is 10.2 Å². The van der Waals surface area contributed by atoms with Gasteiger partial charge in [0.25, 0.3) is 5.91 Å². The third-order valence-electron chi connectivity index (χ3n) is 5.00. The number of carbonyl (C=O) groups excluding carboxylic acids is 1. The molecule has 0 bridgehead atoms. The zero-order chi connectivity index (χ0) is 20.0.